The van der Waals surface area contributed by atoms with Gasteiger partial charge in [0.25, 0.3) is 0 Å². The van der Waals surface area contributed by atoms with Gasteiger partial charge in [-0.1, -0.05) is 152 Å². The molecule has 4 atom stereocenters. The van der Waals surface area contributed by atoms with Gasteiger partial charge >= 0.3 is 0 Å². The second-order valence-electron chi connectivity index (χ2n) is 11.1. The Morgan fingerprint density at radius 2 is 0.886 bits per heavy atom. The average Bonchev–Trinajstić information content (AvgIpc) is 3.45. The molecule has 0 radical (unpaired) electrons. The molecule has 5 aromatic carbocycles. The summed E-state index contributed by atoms with van der Waals surface area (Å²) in [7, 11) is 0. The van der Waals surface area contributed by atoms with E-state index >= 15 is 0 Å². The summed E-state index contributed by atoms with van der Waals surface area (Å²) in [6, 6.07) is 51.7. The molecule has 0 aliphatic carbocycles. The van der Waals surface area contributed by atoms with Gasteiger partial charge in [-0.05, 0) is 27.8 Å². The summed E-state index contributed by atoms with van der Waals surface area (Å²) in [6.45, 7) is 1.11. The molecule has 1 heterocycles. The van der Waals surface area contributed by atoms with Gasteiger partial charge in [-0.2, -0.15) is 0 Å². The molecule has 5 heteroatoms. The van der Waals surface area contributed by atoms with E-state index < -0.39 is 23.9 Å². The fourth-order valence-electron chi connectivity index (χ4n) is 6.18. The fraction of sp³-hybridized carbons (Fsp3) is 0.231. The van der Waals surface area contributed by atoms with Crippen LogP contribution < -0.4 is 5.32 Å². The van der Waals surface area contributed by atoms with Gasteiger partial charge in [-0.25, -0.2) is 0 Å². The second kappa shape index (κ2) is 14.6. The van der Waals surface area contributed by atoms with Gasteiger partial charge in [0.1, 0.15) is 18.3 Å². The highest BCUT2D eigenvalue weighted by Crippen LogP contribution is 2.38. The van der Waals surface area contributed by atoms with E-state index in [2.05, 4.69) is 90.2 Å². The summed E-state index contributed by atoms with van der Waals surface area (Å²) < 4.78 is 19.6. The predicted molar refractivity (Wildman–Crippen MR) is 173 cm³/mol. The lowest BCUT2D eigenvalue weighted by atomic mass is 9.77. The first-order chi connectivity index (χ1) is 21.8. The zero-order valence-corrected chi connectivity index (χ0v) is 24.7. The van der Waals surface area contributed by atoms with Crippen LogP contribution in [0.3, 0.4) is 0 Å². The lowest BCUT2D eigenvalue weighted by Gasteiger charge is -2.38. The Labute approximate surface area is 260 Å². The van der Waals surface area contributed by atoms with E-state index in [0.29, 0.717) is 19.8 Å². The van der Waals surface area contributed by atoms with Gasteiger partial charge in [0.05, 0.1) is 31.5 Å². The van der Waals surface area contributed by atoms with Crippen molar-refractivity contribution < 1.29 is 19.3 Å². The Morgan fingerprint density at radius 1 is 0.523 bits per heavy atom. The monoisotopic (exact) mass is 585 g/mol. The number of aliphatic hydroxyl groups excluding tert-OH is 1. The van der Waals surface area contributed by atoms with Crippen LogP contribution >= 0.6 is 0 Å². The van der Waals surface area contributed by atoms with Crippen LogP contribution in [0.15, 0.2) is 152 Å². The maximum atomic E-state index is 10.4. The van der Waals surface area contributed by atoms with Gasteiger partial charge in [0.2, 0.25) is 0 Å². The first-order valence-electron chi connectivity index (χ1n) is 15.3. The summed E-state index contributed by atoms with van der Waals surface area (Å²) in [5, 5.41) is 14.4. The fourth-order valence-corrected chi connectivity index (χ4v) is 6.18. The minimum atomic E-state index is -0.658. The van der Waals surface area contributed by atoms with Crippen molar-refractivity contribution >= 4 is 0 Å². The highest BCUT2D eigenvalue weighted by Gasteiger charge is 2.47. The molecule has 6 rings (SSSR count). The van der Waals surface area contributed by atoms with Crippen molar-refractivity contribution in [1.29, 1.82) is 0 Å². The smallest absolute Gasteiger partial charge is 0.115 e. The van der Waals surface area contributed by atoms with E-state index in [1.54, 1.807) is 0 Å². The van der Waals surface area contributed by atoms with Crippen LogP contribution in [-0.2, 0) is 33.0 Å². The zero-order valence-electron chi connectivity index (χ0n) is 24.7. The molecule has 1 aliphatic rings. The predicted octanol–water partition coefficient (Wildman–Crippen LogP) is 6.50. The van der Waals surface area contributed by atoms with Crippen LogP contribution in [0.5, 0.6) is 0 Å². The van der Waals surface area contributed by atoms with Crippen molar-refractivity contribution in [2.45, 2.75) is 43.2 Å². The summed E-state index contributed by atoms with van der Waals surface area (Å²) in [5.74, 6) is 0. The molecule has 0 saturated carbocycles. The SMILES string of the molecule is OC[C@H]1O[C@@H](CNC(c2ccccc2)(c2ccccc2)c2ccccc2)[C@@H](OCc2ccccc2)[C@@H]1OCc1ccccc1. The van der Waals surface area contributed by atoms with Crippen LogP contribution in [0.4, 0.5) is 0 Å². The molecule has 5 aromatic rings. The van der Waals surface area contributed by atoms with Crippen LogP contribution in [-0.4, -0.2) is 42.7 Å². The molecule has 0 unspecified atom stereocenters. The topological polar surface area (TPSA) is 60.0 Å². The largest absolute Gasteiger partial charge is 0.394 e. The number of rotatable bonds is 13. The summed E-state index contributed by atoms with van der Waals surface area (Å²) in [4.78, 5) is 0. The molecule has 5 nitrogen and oxygen atoms in total. The number of hydrogen-bond donors (Lipinski definition) is 2. The van der Waals surface area contributed by atoms with Crippen molar-refractivity contribution in [1.82, 2.24) is 5.32 Å². The molecule has 224 valence electrons. The van der Waals surface area contributed by atoms with E-state index in [4.69, 9.17) is 14.2 Å². The average molecular weight is 586 g/mol. The third-order valence-corrected chi connectivity index (χ3v) is 8.35. The highest BCUT2D eigenvalue weighted by atomic mass is 16.6. The molecular weight excluding hydrogens is 546 g/mol. The summed E-state index contributed by atoms with van der Waals surface area (Å²) >= 11 is 0. The van der Waals surface area contributed by atoms with Crippen LogP contribution in [0.1, 0.15) is 27.8 Å². The van der Waals surface area contributed by atoms with Gasteiger partial charge < -0.3 is 19.3 Å². The third kappa shape index (κ3) is 6.68. The van der Waals surface area contributed by atoms with E-state index in [1.807, 2.05) is 66.7 Å². The van der Waals surface area contributed by atoms with Crippen LogP contribution in [0.25, 0.3) is 0 Å². The first-order valence-corrected chi connectivity index (χ1v) is 15.3. The first kappa shape index (κ1) is 29.9. The van der Waals surface area contributed by atoms with Crippen LogP contribution in [0, 0.1) is 0 Å². The lowest BCUT2D eigenvalue weighted by molar-refractivity contribution is -0.0833. The third-order valence-electron chi connectivity index (χ3n) is 8.35. The molecule has 0 aromatic heterocycles. The van der Waals surface area contributed by atoms with E-state index in [0.717, 1.165) is 27.8 Å². The van der Waals surface area contributed by atoms with Gasteiger partial charge in [-0.15, -0.1) is 0 Å². The van der Waals surface area contributed by atoms with Gasteiger partial charge in [-0.3, -0.25) is 5.32 Å². The molecule has 2 N–H and O–H groups in total. The summed E-state index contributed by atoms with van der Waals surface area (Å²) in [5.41, 5.74) is 4.83. The summed E-state index contributed by atoms with van der Waals surface area (Å²) in [6.07, 6.45) is -1.77. The Hall–Kier alpha value is -4.10. The molecular formula is C39H39NO4. The number of nitrogens with one attached hydrogen (secondary N) is 1. The standard InChI is InChI=1S/C39H39NO4/c41-27-36-38(43-29-31-18-8-2-9-19-31)37(42-28-30-16-6-1-7-17-30)35(44-36)26-40-39(32-20-10-3-11-21-32,33-22-12-4-13-23-33)34-24-14-5-15-25-34/h1-25,35-38,40-41H,26-29H2/t35-,36+,37+,38+/m0/s1. The quantitative estimate of drug-likeness (QED) is 0.155. The molecule has 0 bridgehead atoms. The molecule has 0 spiro atoms. The Balaban J connectivity index is 1.33. The minimum absolute atomic E-state index is 0.164. The van der Waals surface area contributed by atoms with Crippen LogP contribution in [0.2, 0.25) is 0 Å². The zero-order chi connectivity index (χ0) is 30.0. The second-order valence-corrected chi connectivity index (χ2v) is 11.1. The Kier molecular flexibility index (Phi) is 9.93. The number of ether oxygens (including phenoxy) is 3. The van der Waals surface area contributed by atoms with Crippen molar-refractivity contribution in [3.05, 3.63) is 179 Å². The molecule has 1 aliphatic heterocycles. The Morgan fingerprint density at radius 3 is 1.27 bits per heavy atom. The molecule has 0 amide bonds. The number of aliphatic hydroxyl groups is 1. The molecule has 44 heavy (non-hydrogen) atoms. The van der Waals surface area contributed by atoms with Crippen molar-refractivity contribution in [3.8, 4) is 0 Å². The number of hydrogen-bond acceptors (Lipinski definition) is 5. The van der Waals surface area contributed by atoms with Crippen molar-refractivity contribution in [2.75, 3.05) is 13.2 Å². The maximum absolute atomic E-state index is 10.4. The van der Waals surface area contributed by atoms with Gasteiger partial charge in [0, 0.05) is 6.54 Å². The number of benzene rings is 5. The molecule has 1 fully saturated rings. The van der Waals surface area contributed by atoms with Gasteiger partial charge in [0.15, 0.2) is 0 Å². The highest BCUT2D eigenvalue weighted by molar-refractivity contribution is 5.49. The van der Waals surface area contributed by atoms with E-state index in [1.165, 1.54) is 0 Å². The van der Waals surface area contributed by atoms with Crippen molar-refractivity contribution in [2.24, 2.45) is 0 Å². The van der Waals surface area contributed by atoms with Crippen molar-refractivity contribution in [3.63, 3.8) is 0 Å². The minimum Gasteiger partial charge on any atom is -0.394 e. The van der Waals surface area contributed by atoms with E-state index in [-0.39, 0.29) is 12.7 Å². The van der Waals surface area contributed by atoms with E-state index in [9.17, 15) is 5.11 Å². The molecule has 1 saturated heterocycles. The Bertz CT molecular complexity index is 1440. The normalized spacial score (nSPS) is 20.0. The maximum Gasteiger partial charge on any atom is 0.115 e. The lowest BCUT2D eigenvalue weighted by Crippen LogP contribution is -2.50.